The number of aromatic amines is 1. The Morgan fingerprint density at radius 3 is 2.61 bits per heavy atom. The molecule has 0 aliphatic heterocycles. The monoisotopic (exact) mass is 482 g/mol. The summed E-state index contributed by atoms with van der Waals surface area (Å²) >= 11 is 1.50. The van der Waals surface area contributed by atoms with E-state index >= 15 is 0 Å². The van der Waals surface area contributed by atoms with Gasteiger partial charge >= 0.3 is 0 Å². The standard InChI is InChI=1S/C22H22N6O3S2/c1-11-10-23-22(32-11)14-6-7-15(17(8-14)33(3,30)31)26-16-9-18(28-21(29)13-4-5-13)27-20-19(16)24-12(2)25-20/h6-10,13H,4-5H2,1-3H3,(H3,24,25,26,27,28,29). The summed E-state index contributed by atoms with van der Waals surface area (Å²) in [6.07, 6.45) is 4.69. The normalized spacial score (nSPS) is 13.9. The highest BCUT2D eigenvalue weighted by Crippen LogP contribution is 2.35. The summed E-state index contributed by atoms with van der Waals surface area (Å²) in [5.41, 5.74) is 2.76. The van der Waals surface area contributed by atoms with Crippen LogP contribution in [-0.2, 0) is 14.6 Å². The minimum atomic E-state index is -3.55. The van der Waals surface area contributed by atoms with Crippen LogP contribution >= 0.6 is 11.3 Å². The summed E-state index contributed by atoms with van der Waals surface area (Å²) in [6.45, 7) is 3.76. The van der Waals surface area contributed by atoms with Crippen molar-refractivity contribution in [3.05, 3.63) is 41.2 Å². The molecule has 0 bridgehead atoms. The van der Waals surface area contributed by atoms with E-state index in [0.717, 1.165) is 28.3 Å². The highest BCUT2D eigenvalue weighted by molar-refractivity contribution is 7.90. The van der Waals surface area contributed by atoms with Gasteiger partial charge in [0.2, 0.25) is 5.91 Å². The molecule has 3 heterocycles. The van der Waals surface area contributed by atoms with Crippen LogP contribution in [0.1, 0.15) is 23.5 Å². The number of carbonyl (C=O) groups excluding carboxylic acids is 1. The van der Waals surface area contributed by atoms with E-state index in [1.54, 1.807) is 31.3 Å². The first kappa shape index (κ1) is 21.5. The number of H-pyrrole nitrogens is 1. The molecule has 170 valence electrons. The lowest BCUT2D eigenvalue weighted by Gasteiger charge is -2.14. The minimum absolute atomic E-state index is 0.0266. The summed E-state index contributed by atoms with van der Waals surface area (Å²) in [6, 6.07) is 6.87. The molecule has 11 heteroatoms. The molecule has 1 saturated carbocycles. The van der Waals surface area contributed by atoms with Gasteiger partial charge in [0.25, 0.3) is 0 Å². The summed E-state index contributed by atoms with van der Waals surface area (Å²) in [7, 11) is -3.55. The van der Waals surface area contributed by atoms with Crippen molar-refractivity contribution >= 4 is 55.4 Å². The van der Waals surface area contributed by atoms with Gasteiger partial charge in [0, 0.05) is 34.9 Å². The molecule has 4 aromatic rings. The Morgan fingerprint density at radius 2 is 1.94 bits per heavy atom. The number of rotatable bonds is 6. The Labute approximate surface area is 194 Å². The largest absolute Gasteiger partial charge is 0.353 e. The lowest BCUT2D eigenvalue weighted by atomic mass is 10.2. The van der Waals surface area contributed by atoms with Gasteiger partial charge < -0.3 is 15.6 Å². The van der Waals surface area contributed by atoms with E-state index in [9.17, 15) is 13.2 Å². The smallest absolute Gasteiger partial charge is 0.228 e. The number of thiazole rings is 1. The van der Waals surface area contributed by atoms with E-state index in [1.165, 1.54) is 17.6 Å². The third kappa shape index (κ3) is 4.46. The molecule has 5 rings (SSSR count). The van der Waals surface area contributed by atoms with Crippen molar-refractivity contribution in [2.75, 3.05) is 16.9 Å². The number of amides is 1. The first-order valence-electron chi connectivity index (χ1n) is 10.4. The van der Waals surface area contributed by atoms with Crippen LogP contribution in [0, 0.1) is 19.8 Å². The number of aromatic nitrogens is 4. The number of hydrogen-bond donors (Lipinski definition) is 3. The Hall–Kier alpha value is -3.31. The average molecular weight is 483 g/mol. The highest BCUT2D eigenvalue weighted by atomic mass is 32.2. The van der Waals surface area contributed by atoms with Crippen LogP contribution in [0.3, 0.4) is 0 Å². The number of carbonyl (C=O) groups is 1. The van der Waals surface area contributed by atoms with Gasteiger partial charge in [0.05, 0.1) is 16.3 Å². The number of nitrogens with one attached hydrogen (secondary N) is 3. The van der Waals surface area contributed by atoms with Crippen molar-refractivity contribution < 1.29 is 13.2 Å². The number of nitrogens with zero attached hydrogens (tertiary/aromatic N) is 3. The van der Waals surface area contributed by atoms with Crippen LogP contribution in [-0.4, -0.2) is 40.5 Å². The van der Waals surface area contributed by atoms with E-state index < -0.39 is 9.84 Å². The fraction of sp³-hybridized carbons (Fsp3) is 0.273. The van der Waals surface area contributed by atoms with E-state index in [1.807, 2.05) is 13.0 Å². The number of pyridine rings is 1. The van der Waals surface area contributed by atoms with Gasteiger partial charge in [-0.3, -0.25) is 4.79 Å². The zero-order chi connectivity index (χ0) is 23.3. The molecule has 1 fully saturated rings. The number of fused-ring (bicyclic) bond motifs is 1. The predicted octanol–water partition coefficient (Wildman–Crippen LogP) is 4.19. The van der Waals surface area contributed by atoms with Crippen molar-refractivity contribution in [2.24, 2.45) is 5.92 Å². The van der Waals surface area contributed by atoms with Crippen LogP contribution in [0.25, 0.3) is 21.7 Å². The molecule has 3 aromatic heterocycles. The maximum absolute atomic E-state index is 12.6. The lowest BCUT2D eigenvalue weighted by Crippen LogP contribution is -2.14. The first-order valence-corrected chi connectivity index (χ1v) is 13.1. The summed E-state index contributed by atoms with van der Waals surface area (Å²) in [4.78, 5) is 29.8. The maximum Gasteiger partial charge on any atom is 0.228 e. The number of sulfone groups is 1. The molecule has 1 aliphatic rings. The predicted molar refractivity (Wildman–Crippen MR) is 129 cm³/mol. The van der Waals surface area contributed by atoms with Crippen molar-refractivity contribution in [3.63, 3.8) is 0 Å². The fourth-order valence-electron chi connectivity index (χ4n) is 3.54. The molecule has 1 amide bonds. The molecule has 33 heavy (non-hydrogen) atoms. The summed E-state index contributed by atoms with van der Waals surface area (Å²) in [5.74, 6) is 0.979. The number of benzene rings is 1. The van der Waals surface area contributed by atoms with Gasteiger partial charge in [-0.05, 0) is 44.9 Å². The van der Waals surface area contributed by atoms with Crippen molar-refractivity contribution in [1.82, 2.24) is 19.9 Å². The second-order valence-electron chi connectivity index (χ2n) is 8.22. The van der Waals surface area contributed by atoms with Crippen LogP contribution in [0.5, 0.6) is 0 Å². The Balaban J connectivity index is 1.57. The number of anilines is 3. The Bertz CT molecular complexity index is 1500. The van der Waals surface area contributed by atoms with Crippen molar-refractivity contribution in [1.29, 1.82) is 0 Å². The molecule has 1 aromatic carbocycles. The number of aryl methyl sites for hydroxylation is 2. The zero-order valence-corrected chi connectivity index (χ0v) is 19.9. The molecule has 0 spiro atoms. The fourth-order valence-corrected chi connectivity index (χ4v) is 5.16. The third-order valence-corrected chi connectivity index (χ3v) is 7.40. The average Bonchev–Trinajstić information content (AvgIpc) is 3.40. The van der Waals surface area contributed by atoms with E-state index in [-0.39, 0.29) is 16.7 Å². The van der Waals surface area contributed by atoms with Crippen molar-refractivity contribution in [3.8, 4) is 10.6 Å². The Morgan fingerprint density at radius 1 is 1.15 bits per heavy atom. The van der Waals surface area contributed by atoms with Gasteiger partial charge in [0.1, 0.15) is 22.2 Å². The topological polar surface area (TPSA) is 130 Å². The van der Waals surface area contributed by atoms with Crippen LogP contribution in [0.2, 0.25) is 0 Å². The molecule has 3 N–H and O–H groups in total. The molecular weight excluding hydrogens is 460 g/mol. The van der Waals surface area contributed by atoms with Gasteiger partial charge in [-0.2, -0.15) is 0 Å². The van der Waals surface area contributed by atoms with Gasteiger partial charge in [-0.15, -0.1) is 11.3 Å². The molecule has 0 unspecified atom stereocenters. The van der Waals surface area contributed by atoms with Crippen LogP contribution < -0.4 is 10.6 Å². The molecule has 1 aliphatic carbocycles. The van der Waals surface area contributed by atoms with E-state index in [0.29, 0.717) is 34.2 Å². The minimum Gasteiger partial charge on any atom is -0.353 e. The molecule has 0 atom stereocenters. The lowest BCUT2D eigenvalue weighted by molar-refractivity contribution is -0.117. The molecule has 9 nitrogen and oxygen atoms in total. The van der Waals surface area contributed by atoms with Crippen LogP contribution in [0.15, 0.2) is 35.4 Å². The third-order valence-electron chi connectivity index (χ3n) is 5.30. The summed E-state index contributed by atoms with van der Waals surface area (Å²) < 4.78 is 25.3. The SMILES string of the molecule is Cc1nc2nc(NC(=O)C3CC3)cc(Nc3ccc(-c4ncc(C)s4)cc3S(C)(=O)=O)c2[nH]1. The van der Waals surface area contributed by atoms with E-state index in [4.69, 9.17) is 0 Å². The van der Waals surface area contributed by atoms with Gasteiger partial charge in [0.15, 0.2) is 15.5 Å². The zero-order valence-electron chi connectivity index (χ0n) is 18.3. The molecule has 0 radical (unpaired) electrons. The Kier molecular flexibility index (Phi) is 5.17. The quantitative estimate of drug-likeness (QED) is 0.376. The highest BCUT2D eigenvalue weighted by Gasteiger charge is 2.30. The number of imidazole rings is 1. The first-order chi connectivity index (χ1) is 15.7. The van der Waals surface area contributed by atoms with Gasteiger partial charge in [-0.25, -0.2) is 23.4 Å². The second-order valence-corrected chi connectivity index (χ2v) is 11.4. The maximum atomic E-state index is 12.6. The summed E-state index contributed by atoms with van der Waals surface area (Å²) in [5, 5.41) is 6.81. The number of hydrogen-bond acceptors (Lipinski definition) is 8. The molecule has 0 saturated heterocycles. The van der Waals surface area contributed by atoms with Crippen molar-refractivity contribution in [2.45, 2.75) is 31.6 Å². The van der Waals surface area contributed by atoms with Crippen LogP contribution in [0.4, 0.5) is 17.2 Å². The second kappa shape index (κ2) is 7.92. The van der Waals surface area contributed by atoms with Gasteiger partial charge in [-0.1, -0.05) is 0 Å². The van der Waals surface area contributed by atoms with E-state index in [2.05, 4.69) is 30.6 Å². The molecular formula is C22H22N6O3S2.